The van der Waals surface area contributed by atoms with Crippen LogP contribution in [0.15, 0.2) is 0 Å². The Balaban J connectivity index is 1.73. The minimum absolute atomic E-state index is 0.226. The van der Waals surface area contributed by atoms with Crippen LogP contribution in [0.3, 0.4) is 0 Å². The van der Waals surface area contributed by atoms with E-state index in [-0.39, 0.29) is 5.91 Å². The topological polar surface area (TPSA) is 35.6 Å². The summed E-state index contributed by atoms with van der Waals surface area (Å²) in [5.41, 5.74) is 0. The summed E-state index contributed by atoms with van der Waals surface area (Å²) in [4.78, 5) is 15.7. The van der Waals surface area contributed by atoms with Crippen molar-refractivity contribution >= 4 is 5.91 Å². The smallest absolute Gasteiger partial charge is 0.219 e. The fourth-order valence-corrected chi connectivity index (χ4v) is 3.03. The first-order chi connectivity index (χ1) is 8.16. The second kappa shape index (κ2) is 5.83. The van der Waals surface area contributed by atoms with Crippen molar-refractivity contribution in [2.75, 3.05) is 33.2 Å². The summed E-state index contributed by atoms with van der Waals surface area (Å²) in [5, 5.41) is 3.55. The quantitative estimate of drug-likeness (QED) is 0.787. The number of piperidine rings is 1. The second-order valence-corrected chi connectivity index (χ2v) is 5.47. The highest BCUT2D eigenvalue weighted by Gasteiger charge is 2.25. The van der Waals surface area contributed by atoms with Crippen LogP contribution in [0.25, 0.3) is 0 Å². The van der Waals surface area contributed by atoms with Crippen molar-refractivity contribution in [2.24, 2.45) is 0 Å². The molecule has 2 aliphatic heterocycles. The maximum Gasteiger partial charge on any atom is 0.219 e. The lowest BCUT2D eigenvalue weighted by atomic mass is 10.0. The fraction of sp³-hybridized carbons (Fsp3) is 0.923. The van der Waals surface area contributed by atoms with Gasteiger partial charge in [0.05, 0.1) is 0 Å². The number of likely N-dealkylation sites (N-methyl/N-ethyl adjacent to an activating group) is 1. The van der Waals surface area contributed by atoms with Crippen molar-refractivity contribution in [1.82, 2.24) is 15.1 Å². The van der Waals surface area contributed by atoms with Crippen molar-refractivity contribution in [3.63, 3.8) is 0 Å². The Kier molecular flexibility index (Phi) is 4.40. The number of nitrogens with zero attached hydrogens (tertiary/aromatic N) is 2. The van der Waals surface area contributed by atoms with E-state index in [0.717, 1.165) is 32.5 Å². The third-order valence-corrected chi connectivity index (χ3v) is 4.20. The molecule has 0 aromatic heterocycles. The normalized spacial score (nSPS) is 26.8. The Morgan fingerprint density at radius 1 is 1.35 bits per heavy atom. The van der Waals surface area contributed by atoms with Gasteiger partial charge in [-0.25, -0.2) is 0 Å². The van der Waals surface area contributed by atoms with Crippen molar-refractivity contribution in [1.29, 1.82) is 0 Å². The zero-order valence-electron chi connectivity index (χ0n) is 11.1. The van der Waals surface area contributed by atoms with E-state index in [2.05, 4.69) is 17.3 Å². The average molecular weight is 239 g/mol. The summed E-state index contributed by atoms with van der Waals surface area (Å²) < 4.78 is 0. The molecular weight excluding hydrogens is 214 g/mol. The molecule has 2 fully saturated rings. The molecule has 0 saturated carbocycles. The number of likely N-dealkylation sites (tertiary alicyclic amines) is 1. The maximum absolute atomic E-state index is 11.3. The second-order valence-electron chi connectivity index (χ2n) is 5.47. The molecule has 1 amide bonds. The van der Waals surface area contributed by atoms with E-state index in [1.165, 1.54) is 19.4 Å². The zero-order chi connectivity index (χ0) is 12.3. The first-order valence-corrected chi connectivity index (χ1v) is 6.86. The van der Waals surface area contributed by atoms with E-state index < -0.39 is 0 Å². The molecule has 2 rings (SSSR count). The lowest BCUT2D eigenvalue weighted by Crippen LogP contribution is -2.47. The van der Waals surface area contributed by atoms with Crippen LogP contribution < -0.4 is 5.32 Å². The van der Waals surface area contributed by atoms with Gasteiger partial charge in [-0.2, -0.15) is 0 Å². The van der Waals surface area contributed by atoms with Gasteiger partial charge in [0.1, 0.15) is 0 Å². The lowest BCUT2D eigenvalue weighted by molar-refractivity contribution is -0.130. The molecule has 2 saturated heterocycles. The summed E-state index contributed by atoms with van der Waals surface area (Å²) in [7, 11) is 2.23. The molecule has 2 heterocycles. The Bertz CT molecular complexity index is 255. The number of carbonyl (C=O) groups is 1. The molecule has 1 unspecified atom stereocenters. The first-order valence-electron chi connectivity index (χ1n) is 6.86. The molecule has 17 heavy (non-hydrogen) atoms. The summed E-state index contributed by atoms with van der Waals surface area (Å²) in [6.07, 6.45) is 4.89. The molecule has 98 valence electrons. The molecule has 4 nitrogen and oxygen atoms in total. The van der Waals surface area contributed by atoms with Crippen molar-refractivity contribution in [3.8, 4) is 0 Å². The van der Waals surface area contributed by atoms with Gasteiger partial charge in [-0.15, -0.1) is 0 Å². The summed E-state index contributed by atoms with van der Waals surface area (Å²) in [5.74, 6) is 0.226. The largest absolute Gasteiger partial charge is 0.343 e. The van der Waals surface area contributed by atoms with E-state index in [9.17, 15) is 4.79 Å². The molecule has 0 aliphatic carbocycles. The lowest BCUT2D eigenvalue weighted by Gasteiger charge is -2.37. The SMILES string of the molecule is CC(=O)N1CCC(N(C)CC2CCCN2)CC1. The van der Waals surface area contributed by atoms with Crippen LogP contribution >= 0.6 is 0 Å². The molecule has 0 aromatic rings. The average Bonchev–Trinajstić information content (AvgIpc) is 2.82. The Hall–Kier alpha value is -0.610. The van der Waals surface area contributed by atoms with Crippen LogP contribution in [-0.2, 0) is 4.79 Å². The number of carbonyl (C=O) groups excluding carboxylic acids is 1. The molecular formula is C13H25N3O. The van der Waals surface area contributed by atoms with Gasteiger partial charge in [-0.3, -0.25) is 4.79 Å². The number of hydrogen-bond donors (Lipinski definition) is 1. The van der Waals surface area contributed by atoms with Crippen LogP contribution in [-0.4, -0.2) is 61.0 Å². The minimum atomic E-state index is 0.226. The van der Waals surface area contributed by atoms with E-state index in [1.807, 2.05) is 4.90 Å². The molecule has 1 N–H and O–H groups in total. The van der Waals surface area contributed by atoms with Crippen molar-refractivity contribution in [2.45, 2.75) is 44.7 Å². The molecule has 1 atom stereocenters. The van der Waals surface area contributed by atoms with Crippen molar-refractivity contribution < 1.29 is 4.79 Å². The first kappa shape index (κ1) is 12.8. The van der Waals surface area contributed by atoms with E-state index in [4.69, 9.17) is 0 Å². The van der Waals surface area contributed by atoms with E-state index >= 15 is 0 Å². The maximum atomic E-state index is 11.3. The van der Waals surface area contributed by atoms with Gasteiger partial charge in [0.25, 0.3) is 0 Å². The minimum Gasteiger partial charge on any atom is -0.343 e. The van der Waals surface area contributed by atoms with Gasteiger partial charge in [0.15, 0.2) is 0 Å². The highest BCUT2D eigenvalue weighted by Crippen LogP contribution is 2.17. The number of hydrogen-bond acceptors (Lipinski definition) is 3. The van der Waals surface area contributed by atoms with Gasteiger partial charge < -0.3 is 15.1 Å². The molecule has 0 aromatic carbocycles. The van der Waals surface area contributed by atoms with E-state index in [1.54, 1.807) is 6.92 Å². The molecule has 4 heteroatoms. The predicted octanol–water partition coefficient (Wildman–Crippen LogP) is 0.681. The molecule has 0 bridgehead atoms. The van der Waals surface area contributed by atoms with Crippen LogP contribution in [0.2, 0.25) is 0 Å². The van der Waals surface area contributed by atoms with Gasteiger partial charge in [0, 0.05) is 38.6 Å². The predicted molar refractivity (Wildman–Crippen MR) is 68.9 cm³/mol. The van der Waals surface area contributed by atoms with Crippen LogP contribution in [0.5, 0.6) is 0 Å². The number of rotatable bonds is 3. The molecule has 2 aliphatic rings. The Labute approximate surface area is 104 Å². The van der Waals surface area contributed by atoms with Gasteiger partial charge in [0.2, 0.25) is 5.91 Å². The fourth-order valence-electron chi connectivity index (χ4n) is 3.03. The monoisotopic (exact) mass is 239 g/mol. The molecule has 0 spiro atoms. The third kappa shape index (κ3) is 3.42. The molecule has 0 radical (unpaired) electrons. The highest BCUT2D eigenvalue weighted by atomic mass is 16.2. The summed E-state index contributed by atoms with van der Waals surface area (Å²) in [6.45, 7) is 5.88. The highest BCUT2D eigenvalue weighted by molar-refractivity contribution is 5.73. The zero-order valence-corrected chi connectivity index (χ0v) is 11.1. The van der Waals surface area contributed by atoms with Gasteiger partial charge >= 0.3 is 0 Å². The standard InChI is InChI=1S/C13H25N3O/c1-11(17)16-8-5-13(6-9-16)15(2)10-12-4-3-7-14-12/h12-14H,3-10H2,1-2H3. The van der Waals surface area contributed by atoms with Gasteiger partial charge in [-0.1, -0.05) is 0 Å². The number of amides is 1. The number of nitrogens with one attached hydrogen (secondary N) is 1. The van der Waals surface area contributed by atoms with Gasteiger partial charge in [-0.05, 0) is 39.3 Å². The summed E-state index contributed by atoms with van der Waals surface area (Å²) >= 11 is 0. The van der Waals surface area contributed by atoms with E-state index in [0.29, 0.717) is 12.1 Å². The Morgan fingerprint density at radius 2 is 2.06 bits per heavy atom. The Morgan fingerprint density at radius 3 is 2.59 bits per heavy atom. The van der Waals surface area contributed by atoms with Crippen LogP contribution in [0.1, 0.15) is 32.6 Å². The van der Waals surface area contributed by atoms with Crippen LogP contribution in [0, 0.1) is 0 Å². The van der Waals surface area contributed by atoms with Crippen molar-refractivity contribution in [3.05, 3.63) is 0 Å². The van der Waals surface area contributed by atoms with Crippen LogP contribution in [0.4, 0.5) is 0 Å². The third-order valence-electron chi connectivity index (χ3n) is 4.20. The summed E-state index contributed by atoms with van der Waals surface area (Å²) in [6, 6.07) is 1.35.